The standard InChI is InChI=1S/C36H34F2N4O6S/c1-36(2)20-47-19-32(36)42-31-13-22(35(43)44)9-10-30(31)39-33(42)14-24-12-28(38)26(15-27(24)37)29-5-4-6-34(40-29)48-18-21-7-8-23-16-41(49(3,45)46)17-25(23)11-21/h4-13,15,32H,14,16-20H2,1-3H3,(H,43,44). The molecular weight excluding hydrogens is 654 g/mol. The van der Waals surface area contributed by atoms with E-state index in [-0.39, 0.29) is 52.7 Å². The monoisotopic (exact) mass is 688 g/mol. The van der Waals surface area contributed by atoms with Crippen molar-refractivity contribution in [2.75, 3.05) is 19.5 Å². The number of nitrogens with zero attached hydrogens (tertiary/aromatic N) is 4. The van der Waals surface area contributed by atoms with E-state index in [1.807, 2.05) is 36.6 Å². The Labute approximate surface area is 282 Å². The van der Waals surface area contributed by atoms with Crippen LogP contribution in [0.3, 0.4) is 0 Å². The summed E-state index contributed by atoms with van der Waals surface area (Å²) in [7, 11) is -3.31. The summed E-state index contributed by atoms with van der Waals surface area (Å²) in [6, 6.07) is 17.2. The second-order valence-corrected chi connectivity index (χ2v) is 15.3. The average molecular weight is 689 g/mol. The Morgan fingerprint density at radius 3 is 2.55 bits per heavy atom. The Balaban J connectivity index is 1.13. The highest BCUT2D eigenvalue weighted by Gasteiger charge is 2.39. The Morgan fingerprint density at radius 1 is 1.02 bits per heavy atom. The van der Waals surface area contributed by atoms with Gasteiger partial charge in [-0.3, -0.25) is 0 Å². The Bertz CT molecular complexity index is 2240. The van der Waals surface area contributed by atoms with Gasteiger partial charge in [0.15, 0.2) is 0 Å². The van der Waals surface area contributed by atoms with Crippen molar-refractivity contribution in [3.05, 3.63) is 112 Å². The molecule has 1 N–H and O–H groups in total. The van der Waals surface area contributed by atoms with Crippen molar-refractivity contribution in [3.63, 3.8) is 0 Å². The molecule has 0 radical (unpaired) electrons. The third-order valence-corrected chi connectivity index (χ3v) is 10.5. The number of aromatic carboxylic acids is 1. The molecule has 0 spiro atoms. The van der Waals surface area contributed by atoms with E-state index in [9.17, 15) is 18.3 Å². The fourth-order valence-electron chi connectivity index (χ4n) is 6.56. The molecule has 2 aromatic heterocycles. The number of fused-ring (bicyclic) bond motifs is 2. The zero-order valence-electron chi connectivity index (χ0n) is 27.1. The van der Waals surface area contributed by atoms with Crippen LogP contribution in [0.4, 0.5) is 8.78 Å². The second-order valence-electron chi connectivity index (χ2n) is 13.3. The minimum atomic E-state index is -3.31. The van der Waals surface area contributed by atoms with Crippen LogP contribution in [0.25, 0.3) is 22.3 Å². The average Bonchev–Trinajstić information content (AvgIpc) is 3.74. The van der Waals surface area contributed by atoms with Crippen molar-refractivity contribution in [2.24, 2.45) is 5.41 Å². The van der Waals surface area contributed by atoms with Crippen LogP contribution in [0.1, 0.15) is 58.3 Å². The van der Waals surface area contributed by atoms with Crippen molar-refractivity contribution in [2.45, 2.75) is 46.0 Å². The van der Waals surface area contributed by atoms with Crippen LogP contribution >= 0.6 is 0 Å². The van der Waals surface area contributed by atoms with E-state index in [4.69, 9.17) is 14.5 Å². The minimum absolute atomic E-state index is 0.0324. The molecule has 49 heavy (non-hydrogen) atoms. The van der Waals surface area contributed by atoms with Crippen molar-refractivity contribution in [1.82, 2.24) is 18.8 Å². The Morgan fingerprint density at radius 2 is 1.82 bits per heavy atom. The largest absolute Gasteiger partial charge is 0.478 e. The van der Waals surface area contributed by atoms with Crippen LogP contribution in [0, 0.1) is 17.0 Å². The van der Waals surface area contributed by atoms with Crippen molar-refractivity contribution in [1.29, 1.82) is 0 Å². The van der Waals surface area contributed by atoms with Gasteiger partial charge < -0.3 is 19.1 Å². The van der Waals surface area contributed by atoms with Gasteiger partial charge in [-0.1, -0.05) is 38.1 Å². The Kier molecular flexibility index (Phi) is 8.24. The van der Waals surface area contributed by atoms with Gasteiger partial charge in [0, 0.05) is 36.6 Å². The number of rotatable bonds is 9. The van der Waals surface area contributed by atoms with E-state index in [1.54, 1.807) is 30.3 Å². The van der Waals surface area contributed by atoms with E-state index < -0.39 is 27.6 Å². The number of imidazole rings is 1. The number of halogens is 2. The summed E-state index contributed by atoms with van der Waals surface area (Å²) in [5.74, 6) is -1.70. The topological polar surface area (TPSA) is 124 Å². The summed E-state index contributed by atoms with van der Waals surface area (Å²) in [6.45, 7) is 5.73. The quantitative estimate of drug-likeness (QED) is 0.197. The number of hydrogen-bond donors (Lipinski definition) is 1. The lowest BCUT2D eigenvalue weighted by Crippen LogP contribution is -2.27. The first-order chi connectivity index (χ1) is 23.3. The van der Waals surface area contributed by atoms with Crippen LogP contribution in [0.15, 0.2) is 66.7 Å². The number of carboxylic acids is 1. The number of pyridine rings is 1. The maximum Gasteiger partial charge on any atom is 0.335 e. The van der Waals surface area contributed by atoms with Gasteiger partial charge in [-0.2, -0.15) is 4.31 Å². The smallest absolute Gasteiger partial charge is 0.335 e. The zero-order valence-corrected chi connectivity index (χ0v) is 27.9. The molecule has 3 aromatic carbocycles. The van der Waals surface area contributed by atoms with E-state index in [0.717, 1.165) is 28.8 Å². The van der Waals surface area contributed by atoms with Gasteiger partial charge in [-0.05, 0) is 58.7 Å². The fraction of sp³-hybridized carbons (Fsp3) is 0.306. The summed E-state index contributed by atoms with van der Waals surface area (Å²) in [5, 5.41) is 9.62. The molecule has 10 nitrogen and oxygen atoms in total. The highest BCUT2D eigenvalue weighted by Crippen LogP contribution is 2.41. The van der Waals surface area contributed by atoms with Gasteiger partial charge in [0.2, 0.25) is 15.9 Å². The number of carbonyl (C=O) groups is 1. The van der Waals surface area contributed by atoms with E-state index in [2.05, 4.69) is 4.98 Å². The lowest BCUT2D eigenvalue weighted by atomic mass is 9.87. The van der Waals surface area contributed by atoms with E-state index in [1.165, 1.54) is 16.6 Å². The number of hydrogen-bond acceptors (Lipinski definition) is 7. The Hall–Kier alpha value is -4.72. The predicted molar refractivity (Wildman–Crippen MR) is 178 cm³/mol. The zero-order chi connectivity index (χ0) is 34.7. The van der Waals surface area contributed by atoms with E-state index in [0.29, 0.717) is 43.2 Å². The van der Waals surface area contributed by atoms with Crippen molar-refractivity contribution < 1.29 is 36.6 Å². The summed E-state index contributed by atoms with van der Waals surface area (Å²) in [5.41, 5.74) is 3.85. The van der Waals surface area contributed by atoms with Gasteiger partial charge >= 0.3 is 5.97 Å². The molecule has 0 bridgehead atoms. The highest BCUT2D eigenvalue weighted by atomic mass is 32.2. The fourth-order valence-corrected chi connectivity index (χ4v) is 7.31. The third-order valence-electron chi connectivity index (χ3n) is 9.28. The van der Waals surface area contributed by atoms with Gasteiger partial charge in [-0.25, -0.2) is 32.0 Å². The molecule has 0 amide bonds. The molecule has 1 saturated heterocycles. The van der Waals surface area contributed by atoms with Gasteiger partial charge in [0.1, 0.15) is 24.1 Å². The molecule has 254 valence electrons. The van der Waals surface area contributed by atoms with Gasteiger partial charge in [-0.15, -0.1) is 0 Å². The maximum atomic E-state index is 15.8. The SMILES string of the molecule is CC1(C)COCC1n1c(Cc2cc(F)c(-c3cccc(OCc4ccc5c(c4)CN(S(C)(=O)=O)C5)n3)cc2F)nc2ccc(C(=O)O)cc21. The predicted octanol–water partition coefficient (Wildman–Crippen LogP) is 6.12. The maximum absolute atomic E-state index is 15.8. The molecule has 4 heterocycles. The van der Waals surface area contributed by atoms with Crippen molar-refractivity contribution in [3.8, 4) is 17.1 Å². The molecule has 5 aromatic rings. The molecule has 0 saturated carbocycles. The molecule has 1 atom stereocenters. The lowest BCUT2D eigenvalue weighted by molar-refractivity contribution is 0.0697. The van der Waals surface area contributed by atoms with Crippen LogP contribution in [-0.4, -0.2) is 57.8 Å². The minimum Gasteiger partial charge on any atom is -0.478 e. The molecule has 2 aliphatic heterocycles. The molecule has 2 aliphatic rings. The first-order valence-corrected chi connectivity index (χ1v) is 17.6. The number of aromatic nitrogens is 3. The second kappa shape index (κ2) is 12.3. The van der Waals surface area contributed by atoms with Gasteiger partial charge in [0.05, 0.1) is 47.8 Å². The first-order valence-electron chi connectivity index (χ1n) is 15.7. The summed E-state index contributed by atoms with van der Waals surface area (Å²) in [4.78, 5) is 20.9. The molecule has 1 unspecified atom stereocenters. The van der Waals surface area contributed by atoms with Crippen LogP contribution in [-0.2, 0) is 40.9 Å². The molecular formula is C36H34F2N4O6S. The van der Waals surface area contributed by atoms with Crippen LogP contribution < -0.4 is 4.74 Å². The van der Waals surface area contributed by atoms with Crippen molar-refractivity contribution >= 4 is 27.0 Å². The normalized spacial score (nSPS) is 17.4. The lowest BCUT2D eigenvalue weighted by Gasteiger charge is -2.28. The molecule has 0 aliphatic carbocycles. The van der Waals surface area contributed by atoms with Gasteiger partial charge in [0.25, 0.3) is 0 Å². The number of sulfonamides is 1. The molecule has 7 rings (SSSR count). The molecule has 1 fully saturated rings. The van der Waals surface area contributed by atoms with Crippen LogP contribution in [0.5, 0.6) is 5.88 Å². The third kappa shape index (κ3) is 6.41. The summed E-state index contributed by atoms with van der Waals surface area (Å²) < 4.78 is 70.4. The number of ether oxygens (including phenoxy) is 2. The molecule has 13 heteroatoms. The summed E-state index contributed by atoms with van der Waals surface area (Å²) >= 11 is 0. The number of carboxylic acid groups (broad SMARTS) is 1. The summed E-state index contributed by atoms with van der Waals surface area (Å²) in [6.07, 6.45) is 1.15. The first kappa shape index (κ1) is 32.8. The highest BCUT2D eigenvalue weighted by molar-refractivity contribution is 7.88. The van der Waals surface area contributed by atoms with E-state index >= 15 is 8.78 Å². The van der Waals surface area contributed by atoms with Crippen LogP contribution in [0.2, 0.25) is 0 Å². The number of benzene rings is 3.